The average Bonchev–Trinajstić information content (AvgIpc) is 3.59. The van der Waals surface area contributed by atoms with Gasteiger partial charge in [-0.25, -0.2) is 4.98 Å². The van der Waals surface area contributed by atoms with Crippen LogP contribution in [0.15, 0.2) is 48.9 Å². The first-order valence-electron chi connectivity index (χ1n) is 13.5. The Bertz CT molecular complexity index is 1280. The Labute approximate surface area is 228 Å². The fourth-order valence-electron chi connectivity index (χ4n) is 4.53. The Balaban J connectivity index is 1.58. The van der Waals surface area contributed by atoms with Crippen LogP contribution >= 0.6 is 0 Å². The summed E-state index contributed by atoms with van der Waals surface area (Å²) in [4.78, 5) is 45.5. The molecule has 2 aromatic heterocycles. The van der Waals surface area contributed by atoms with Crippen molar-refractivity contribution in [2.24, 2.45) is 5.92 Å². The third-order valence-corrected chi connectivity index (χ3v) is 6.47. The molecule has 3 amide bonds. The van der Waals surface area contributed by atoms with Crippen LogP contribution in [0.3, 0.4) is 0 Å². The summed E-state index contributed by atoms with van der Waals surface area (Å²) in [7, 11) is 0. The number of carbonyl (C=O) groups is 3. The molecule has 0 saturated heterocycles. The van der Waals surface area contributed by atoms with Gasteiger partial charge in [-0.1, -0.05) is 26.0 Å². The normalized spacial score (nSPS) is 17.4. The van der Waals surface area contributed by atoms with E-state index in [-0.39, 0.29) is 36.5 Å². The van der Waals surface area contributed by atoms with Crippen molar-refractivity contribution >= 4 is 17.7 Å². The molecule has 1 aromatic carbocycles. The predicted octanol–water partition coefficient (Wildman–Crippen LogP) is 2.34. The molecular formula is C28H37N7O4. The fourth-order valence-corrected chi connectivity index (χ4v) is 4.53. The smallest absolute Gasteiger partial charge is 0.274 e. The summed E-state index contributed by atoms with van der Waals surface area (Å²) in [6.07, 6.45) is 6.31. The van der Waals surface area contributed by atoms with Gasteiger partial charge in [0.1, 0.15) is 23.3 Å². The van der Waals surface area contributed by atoms with E-state index >= 15 is 0 Å². The molecule has 11 heteroatoms. The predicted molar refractivity (Wildman–Crippen MR) is 146 cm³/mol. The summed E-state index contributed by atoms with van der Waals surface area (Å²) in [6, 6.07) is 8.60. The van der Waals surface area contributed by atoms with Crippen molar-refractivity contribution in [1.29, 1.82) is 0 Å². The molecule has 2 N–H and O–H groups in total. The van der Waals surface area contributed by atoms with Gasteiger partial charge in [0.15, 0.2) is 0 Å². The van der Waals surface area contributed by atoms with E-state index in [0.29, 0.717) is 44.8 Å². The summed E-state index contributed by atoms with van der Waals surface area (Å²) >= 11 is 0. The number of fused-ring (bicyclic) bond motifs is 4. The first-order valence-corrected chi connectivity index (χ1v) is 13.5. The van der Waals surface area contributed by atoms with Gasteiger partial charge in [-0.15, -0.1) is 0 Å². The van der Waals surface area contributed by atoms with Crippen molar-refractivity contribution in [3.05, 3.63) is 54.6 Å². The summed E-state index contributed by atoms with van der Waals surface area (Å²) in [5.74, 6) is 0.640. The molecule has 0 saturated carbocycles. The van der Waals surface area contributed by atoms with Crippen molar-refractivity contribution in [1.82, 2.24) is 34.9 Å². The molecule has 1 aliphatic heterocycles. The lowest BCUT2D eigenvalue weighted by atomic mass is 10.0. The van der Waals surface area contributed by atoms with Crippen molar-refractivity contribution in [3.8, 4) is 17.1 Å². The largest absolute Gasteiger partial charge is 0.494 e. The molecule has 3 heterocycles. The molecule has 208 valence electrons. The second-order valence-electron chi connectivity index (χ2n) is 10.00. The molecule has 2 bridgehead atoms. The highest BCUT2D eigenvalue weighted by Crippen LogP contribution is 2.23. The van der Waals surface area contributed by atoms with Crippen LogP contribution in [-0.2, 0) is 22.7 Å². The zero-order valence-electron chi connectivity index (χ0n) is 22.8. The molecule has 11 nitrogen and oxygen atoms in total. The quantitative estimate of drug-likeness (QED) is 0.529. The van der Waals surface area contributed by atoms with Gasteiger partial charge in [-0.3, -0.25) is 19.1 Å². The van der Waals surface area contributed by atoms with Crippen LogP contribution < -0.4 is 15.4 Å². The highest BCUT2D eigenvalue weighted by molar-refractivity contribution is 5.95. The number of aromatic nitrogens is 4. The molecule has 3 aromatic rings. The number of hydrogen-bond donors (Lipinski definition) is 2. The summed E-state index contributed by atoms with van der Waals surface area (Å²) in [5, 5.41) is 10.1. The lowest BCUT2D eigenvalue weighted by molar-refractivity contribution is -0.129. The third kappa shape index (κ3) is 7.46. The Morgan fingerprint density at radius 1 is 1.18 bits per heavy atom. The maximum atomic E-state index is 13.3. The van der Waals surface area contributed by atoms with Crippen molar-refractivity contribution in [3.63, 3.8) is 0 Å². The zero-order chi connectivity index (χ0) is 27.8. The van der Waals surface area contributed by atoms with Gasteiger partial charge in [-0.05, 0) is 43.9 Å². The number of imidazole rings is 1. The number of benzene rings is 1. The van der Waals surface area contributed by atoms with Crippen LogP contribution in [0, 0.1) is 5.92 Å². The summed E-state index contributed by atoms with van der Waals surface area (Å²) in [6.45, 7) is 7.90. The highest BCUT2D eigenvalue weighted by Gasteiger charge is 2.26. The number of nitrogens with one attached hydrogen (secondary N) is 2. The van der Waals surface area contributed by atoms with Crippen molar-refractivity contribution in [2.45, 2.75) is 52.7 Å². The summed E-state index contributed by atoms with van der Waals surface area (Å²) in [5.41, 5.74) is 1.17. The third-order valence-electron chi connectivity index (χ3n) is 6.47. The number of rotatable bonds is 4. The molecule has 1 aliphatic rings. The molecule has 1 atom stereocenters. The van der Waals surface area contributed by atoms with Crippen LogP contribution in [0.5, 0.6) is 5.75 Å². The van der Waals surface area contributed by atoms with Crippen molar-refractivity contribution in [2.75, 3.05) is 26.2 Å². The van der Waals surface area contributed by atoms with E-state index in [2.05, 4.69) is 20.7 Å². The van der Waals surface area contributed by atoms with E-state index in [1.54, 1.807) is 23.1 Å². The molecule has 0 radical (unpaired) electrons. The topological polar surface area (TPSA) is 123 Å². The monoisotopic (exact) mass is 535 g/mol. The van der Waals surface area contributed by atoms with Gasteiger partial charge < -0.3 is 24.8 Å². The number of hydrogen-bond acceptors (Lipinski definition) is 6. The molecule has 0 fully saturated rings. The molecule has 0 spiro atoms. The van der Waals surface area contributed by atoms with Gasteiger partial charge in [-0.2, -0.15) is 5.10 Å². The lowest BCUT2D eigenvalue weighted by Gasteiger charge is -2.25. The van der Waals surface area contributed by atoms with E-state index in [9.17, 15) is 14.4 Å². The van der Waals surface area contributed by atoms with Gasteiger partial charge in [0.05, 0.1) is 13.2 Å². The van der Waals surface area contributed by atoms with Gasteiger partial charge in [0.25, 0.3) is 5.91 Å². The van der Waals surface area contributed by atoms with Crippen LogP contribution in [0.1, 0.15) is 44.1 Å². The van der Waals surface area contributed by atoms with Gasteiger partial charge in [0, 0.05) is 50.3 Å². The Morgan fingerprint density at radius 3 is 2.79 bits per heavy atom. The number of amides is 3. The maximum absolute atomic E-state index is 13.3. The standard InChI is InChI=1S/C28H37N7O4/c1-4-35-13-9-23(32-35)28(38)34-12-6-16-39-22-8-5-7-21(18-22)26-29-10-14-33(26)15-11-30-27(37)24(17-20(2)3)31-25(36)19-34/h5,7-10,13-14,18,20,24H,4,6,11-12,15-17,19H2,1-3H3,(H,30,37)(H,31,36)/t24-/m1/s1. The number of ether oxygens (including phenoxy) is 1. The SMILES string of the molecule is CCn1ccc(C(=O)N2CCCOc3cccc(c3)-c3nccn3CCNC(=O)[C@@H](CC(C)C)NC(=O)C2)n1. The molecule has 39 heavy (non-hydrogen) atoms. The minimum absolute atomic E-state index is 0.180. The van der Waals surface area contributed by atoms with E-state index in [1.807, 2.05) is 55.8 Å². The van der Waals surface area contributed by atoms with E-state index in [0.717, 1.165) is 11.4 Å². The number of carbonyl (C=O) groups excluding carboxylic acids is 3. The first kappa shape index (κ1) is 27.9. The number of aryl methyl sites for hydroxylation is 1. The van der Waals surface area contributed by atoms with Crippen LogP contribution in [0.4, 0.5) is 0 Å². The first-order chi connectivity index (χ1) is 18.8. The maximum Gasteiger partial charge on any atom is 0.274 e. The Kier molecular flexibility index (Phi) is 9.35. The van der Waals surface area contributed by atoms with E-state index in [1.165, 1.54) is 4.90 Å². The Morgan fingerprint density at radius 2 is 2.03 bits per heavy atom. The van der Waals surface area contributed by atoms with E-state index < -0.39 is 11.9 Å². The molecular weight excluding hydrogens is 498 g/mol. The highest BCUT2D eigenvalue weighted by atomic mass is 16.5. The van der Waals surface area contributed by atoms with Gasteiger partial charge in [0.2, 0.25) is 11.8 Å². The van der Waals surface area contributed by atoms with E-state index in [4.69, 9.17) is 4.74 Å². The number of nitrogens with zero attached hydrogens (tertiary/aromatic N) is 5. The van der Waals surface area contributed by atoms with Crippen LogP contribution in [0.25, 0.3) is 11.4 Å². The summed E-state index contributed by atoms with van der Waals surface area (Å²) < 4.78 is 9.63. The molecule has 4 rings (SSSR count). The average molecular weight is 536 g/mol. The second-order valence-corrected chi connectivity index (χ2v) is 10.00. The second kappa shape index (κ2) is 13.1. The van der Waals surface area contributed by atoms with Crippen molar-refractivity contribution < 1.29 is 19.1 Å². The van der Waals surface area contributed by atoms with Gasteiger partial charge >= 0.3 is 0 Å². The fraction of sp³-hybridized carbons (Fsp3) is 0.464. The minimum atomic E-state index is -0.713. The molecule has 0 unspecified atom stereocenters. The zero-order valence-corrected chi connectivity index (χ0v) is 22.8. The van der Waals surface area contributed by atoms with Crippen LogP contribution in [0.2, 0.25) is 0 Å². The Hall–Kier alpha value is -4.15. The minimum Gasteiger partial charge on any atom is -0.494 e. The lowest BCUT2D eigenvalue weighted by Crippen LogP contribution is -2.51. The van der Waals surface area contributed by atoms with Crippen LogP contribution in [-0.4, -0.2) is 74.2 Å². The molecule has 0 aliphatic carbocycles.